The zero-order chi connectivity index (χ0) is 18.7. The number of hydrogen-bond donors (Lipinski definition) is 3. The highest BCUT2D eigenvalue weighted by molar-refractivity contribution is 5.79. The number of ether oxygens (including phenoxy) is 1. The van der Waals surface area contributed by atoms with Gasteiger partial charge in [0.25, 0.3) is 0 Å². The number of aliphatic imine (C=N–C) groups is 1. The van der Waals surface area contributed by atoms with Crippen LogP contribution in [-0.4, -0.2) is 42.3 Å². The predicted octanol–water partition coefficient (Wildman–Crippen LogP) is 2.36. The van der Waals surface area contributed by atoms with E-state index < -0.39 is 11.7 Å². The van der Waals surface area contributed by atoms with Crippen molar-refractivity contribution in [3.8, 4) is 0 Å². The van der Waals surface area contributed by atoms with Gasteiger partial charge in [0.05, 0.1) is 12.2 Å². The number of alkyl carbamates (subject to hydrolysis) is 1. The van der Waals surface area contributed by atoms with Gasteiger partial charge in [-0.15, -0.1) is 0 Å². The van der Waals surface area contributed by atoms with Crippen LogP contribution in [0.4, 0.5) is 4.79 Å². The topological polar surface area (TPSA) is 87.6 Å². The molecule has 1 heterocycles. The van der Waals surface area contributed by atoms with Crippen LogP contribution in [-0.2, 0) is 11.3 Å². The molecule has 0 saturated heterocycles. The molecule has 140 valence electrons. The molecule has 1 aromatic heterocycles. The zero-order valence-electron chi connectivity index (χ0n) is 16.0. The average molecular weight is 349 g/mol. The SMILES string of the molecule is CCNC(=NCc1cccc(C)n1)NCCCNC(=O)OC(C)(C)C. The highest BCUT2D eigenvalue weighted by atomic mass is 16.6. The Balaban J connectivity index is 2.33. The molecular formula is C18H31N5O2. The third-order valence-corrected chi connectivity index (χ3v) is 3.00. The molecule has 0 aliphatic heterocycles. The number of pyridine rings is 1. The first-order chi connectivity index (χ1) is 11.8. The molecule has 1 rings (SSSR count). The molecule has 0 radical (unpaired) electrons. The number of carbonyl (C=O) groups is 1. The van der Waals surface area contributed by atoms with Gasteiger partial charge in [0.1, 0.15) is 5.60 Å². The molecule has 0 spiro atoms. The largest absolute Gasteiger partial charge is 0.444 e. The summed E-state index contributed by atoms with van der Waals surface area (Å²) >= 11 is 0. The summed E-state index contributed by atoms with van der Waals surface area (Å²) in [5.41, 5.74) is 1.44. The van der Waals surface area contributed by atoms with Crippen molar-refractivity contribution in [3.63, 3.8) is 0 Å². The zero-order valence-corrected chi connectivity index (χ0v) is 16.0. The van der Waals surface area contributed by atoms with Crippen LogP contribution >= 0.6 is 0 Å². The van der Waals surface area contributed by atoms with E-state index in [0.29, 0.717) is 19.6 Å². The van der Waals surface area contributed by atoms with E-state index in [4.69, 9.17) is 4.74 Å². The third kappa shape index (κ3) is 10.2. The summed E-state index contributed by atoms with van der Waals surface area (Å²) in [6.07, 6.45) is 0.380. The van der Waals surface area contributed by atoms with Crippen molar-refractivity contribution in [3.05, 3.63) is 29.6 Å². The molecule has 1 aromatic rings. The molecule has 0 aliphatic carbocycles. The Morgan fingerprint density at radius 2 is 1.92 bits per heavy atom. The van der Waals surface area contributed by atoms with Crippen LogP contribution in [0.15, 0.2) is 23.2 Å². The Kier molecular flexibility index (Phi) is 8.74. The second kappa shape index (κ2) is 10.5. The standard InChI is InChI=1S/C18H31N5O2/c1-6-19-16(22-13-15-10-7-9-14(2)23-15)20-11-8-12-21-17(24)25-18(3,4)5/h7,9-10H,6,8,11-13H2,1-5H3,(H,21,24)(H2,19,20,22). The fourth-order valence-electron chi connectivity index (χ4n) is 1.99. The molecule has 0 bridgehead atoms. The van der Waals surface area contributed by atoms with E-state index in [1.165, 1.54) is 0 Å². The van der Waals surface area contributed by atoms with Crippen molar-refractivity contribution >= 4 is 12.1 Å². The number of amides is 1. The number of guanidine groups is 1. The van der Waals surface area contributed by atoms with Crippen molar-refractivity contribution in [1.29, 1.82) is 0 Å². The first-order valence-electron chi connectivity index (χ1n) is 8.71. The molecule has 0 fully saturated rings. The van der Waals surface area contributed by atoms with E-state index in [-0.39, 0.29) is 0 Å². The summed E-state index contributed by atoms with van der Waals surface area (Å²) in [4.78, 5) is 20.5. The Morgan fingerprint density at radius 1 is 1.20 bits per heavy atom. The number of rotatable bonds is 7. The van der Waals surface area contributed by atoms with Gasteiger partial charge in [0.2, 0.25) is 0 Å². The van der Waals surface area contributed by atoms with Crippen molar-refractivity contribution in [2.75, 3.05) is 19.6 Å². The van der Waals surface area contributed by atoms with Crippen LogP contribution in [0.1, 0.15) is 45.5 Å². The summed E-state index contributed by atoms with van der Waals surface area (Å²) in [5.74, 6) is 0.739. The first-order valence-corrected chi connectivity index (χ1v) is 8.71. The Bertz CT molecular complexity index is 567. The number of aromatic nitrogens is 1. The minimum Gasteiger partial charge on any atom is -0.444 e. The minimum atomic E-state index is -0.475. The van der Waals surface area contributed by atoms with Crippen molar-refractivity contribution < 1.29 is 9.53 Å². The van der Waals surface area contributed by atoms with Crippen molar-refractivity contribution in [1.82, 2.24) is 20.9 Å². The average Bonchev–Trinajstić information content (AvgIpc) is 2.50. The summed E-state index contributed by atoms with van der Waals surface area (Å²) in [6, 6.07) is 5.91. The highest BCUT2D eigenvalue weighted by Crippen LogP contribution is 2.06. The normalized spacial score (nSPS) is 11.8. The van der Waals surface area contributed by atoms with E-state index in [1.807, 2.05) is 52.8 Å². The van der Waals surface area contributed by atoms with Crippen LogP contribution in [0, 0.1) is 6.92 Å². The quantitative estimate of drug-likeness (QED) is 0.400. The monoisotopic (exact) mass is 349 g/mol. The van der Waals surface area contributed by atoms with E-state index in [1.54, 1.807) is 0 Å². The Hall–Kier alpha value is -2.31. The summed E-state index contributed by atoms with van der Waals surface area (Å²) in [5, 5.41) is 9.18. The lowest BCUT2D eigenvalue weighted by Crippen LogP contribution is -2.39. The van der Waals surface area contributed by atoms with E-state index >= 15 is 0 Å². The van der Waals surface area contributed by atoms with E-state index in [9.17, 15) is 4.79 Å². The smallest absolute Gasteiger partial charge is 0.407 e. The summed E-state index contributed by atoms with van der Waals surface area (Å²) < 4.78 is 5.19. The van der Waals surface area contributed by atoms with Crippen LogP contribution in [0.5, 0.6) is 0 Å². The summed E-state index contributed by atoms with van der Waals surface area (Å²) in [6.45, 7) is 12.1. The molecule has 0 unspecified atom stereocenters. The van der Waals surface area contributed by atoms with E-state index in [0.717, 1.165) is 30.3 Å². The van der Waals surface area contributed by atoms with Gasteiger partial charge in [-0.05, 0) is 53.2 Å². The molecule has 0 aliphatic rings. The van der Waals surface area contributed by atoms with Gasteiger partial charge in [-0.25, -0.2) is 9.79 Å². The molecular weight excluding hydrogens is 318 g/mol. The second-order valence-electron chi connectivity index (χ2n) is 6.67. The number of carbonyl (C=O) groups excluding carboxylic acids is 1. The molecule has 0 aromatic carbocycles. The van der Waals surface area contributed by atoms with Gasteiger partial charge in [-0.3, -0.25) is 4.98 Å². The number of aryl methyl sites for hydroxylation is 1. The fraction of sp³-hybridized carbons (Fsp3) is 0.611. The lowest BCUT2D eigenvalue weighted by Gasteiger charge is -2.19. The predicted molar refractivity (Wildman–Crippen MR) is 101 cm³/mol. The molecule has 7 heteroatoms. The molecule has 1 amide bonds. The molecule has 25 heavy (non-hydrogen) atoms. The van der Waals surface area contributed by atoms with Gasteiger partial charge >= 0.3 is 6.09 Å². The van der Waals surface area contributed by atoms with Gasteiger partial charge < -0.3 is 20.7 Å². The van der Waals surface area contributed by atoms with Gasteiger partial charge in [-0.2, -0.15) is 0 Å². The Labute approximate surface area is 150 Å². The first kappa shape index (κ1) is 20.7. The van der Waals surface area contributed by atoms with Gasteiger partial charge in [-0.1, -0.05) is 6.07 Å². The van der Waals surface area contributed by atoms with Crippen LogP contribution < -0.4 is 16.0 Å². The molecule has 3 N–H and O–H groups in total. The molecule has 0 saturated carbocycles. The number of hydrogen-bond acceptors (Lipinski definition) is 4. The van der Waals surface area contributed by atoms with Gasteiger partial charge in [0.15, 0.2) is 5.96 Å². The molecule has 7 nitrogen and oxygen atoms in total. The lowest BCUT2D eigenvalue weighted by atomic mass is 10.2. The maximum absolute atomic E-state index is 11.5. The van der Waals surface area contributed by atoms with Crippen LogP contribution in [0.3, 0.4) is 0 Å². The van der Waals surface area contributed by atoms with Gasteiger partial charge in [0, 0.05) is 25.3 Å². The number of nitrogens with zero attached hydrogens (tertiary/aromatic N) is 2. The number of nitrogens with one attached hydrogen (secondary N) is 3. The van der Waals surface area contributed by atoms with Crippen LogP contribution in [0.2, 0.25) is 0 Å². The highest BCUT2D eigenvalue weighted by Gasteiger charge is 2.15. The second-order valence-corrected chi connectivity index (χ2v) is 6.67. The fourth-order valence-corrected chi connectivity index (χ4v) is 1.99. The Morgan fingerprint density at radius 3 is 2.56 bits per heavy atom. The molecule has 0 atom stereocenters. The van der Waals surface area contributed by atoms with E-state index in [2.05, 4.69) is 25.9 Å². The third-order valence-electron chi connectivity index (χ3n) is 3.00. The van der Waals surface area contributed by atoms with Crippen LogP contribution in [0.25, 0.3) is 0 Å². The maximum Gasteiger partial charge on any atom is 0.407 e. The summed E-state index contributed by atoms with van der Waals surface area (Å²) in [7, 11) is 0. The lowest BCUT2D eigenvalue weighted by molar-refractivity contribution is 0.0527. The maximum atomic E-state index is 11.5. The van der Waals surface area contributed by atoms with Crippen molar-refractivity contribution in [2.45, 2.75) is 53.2 Å². The minimum absolute atomic E-state index is 0.390. The van der Waals surface area contributed by atoms with Crippen molar-refractivity contribution in [2.24, 2.45) is 4.99 Å².